The van der Waals surface area contributed by atoms with E-state index < -0.39 is 0 Å². The van der Waals surface area contributed by atoms with Crippen molar-refractivity contribution in [3.05, 3.63) is 5.32 Å². The van der Waals surface area contributed by atoms with Crippen molar-refractivity contribution in [3.8, 4) is 0 Å². The topological polar surface area (TPSA) is 17.3 Å². The molecule has 0 saturated carbocycles. The molecule has 0 aromatic carbocycles. The number of hydrogen-bond acceptors (Lipinski definition) is 2. The van der Waals surface area contributed by atoms with E-state index in [4.69, 9.17) is 12.2 Å². The monoisotopic (exact) mass is 200 g/mol. The first-order valence-electron chi connectivity index (χ1n) is 2.18. The van der Waals surface area contributed by atoms with Gasteiger partial charge in [-0.25, -0.2) is 0 Å². The molecule has 0 atom stereocenters. The Morgan fingerprint density at radius 3 is 2.50 bits per heavy atom. The van der Waals surface area contributed by atoms with Crippen LogP contribution in [0, 0.1) is 0 Å². The second-order valence-corrected chi connectivity index (χ2v) is 2.18. The Morgan fingerprint density at radius 1 is 1.75 bits per heavy atom. The van der Waals surface area contributed by atoms with Crippen molar-refractivity contribution in [2.24, 2.45) is 0 Å². The van der Waals surface area contributed by atoms with Crippen molar-refractivity contribution in [2.45, 2.75) is 0 Å². The molecule has 0 aromatic heterocycles. The van der Waals surface area contributed by atoms with Gasteiger partial charge in [0.2, 0.25) is 0 Å². The standard InChI is InChI=1S/C4H8N2S.Rb/c1-6-2-4(7)5-3-6;/h2-3H2,1H3,(H,5,7);/q;+1/p-1. The maximum absolute atomic E-state index is 4.79. The van der Waals surface area contributed by atoms with Gasteiger partial charge in [-0.05, 0) is 7.05 Å². The smallest absolute Gasteiger partial charge is 0.666 e. The van der Waals surface area contributed by atoms with E-state index in [0.717, 1.165) is 18.2 Å². The van der Waals surface area contributed by atoms with E-state index in [1.54, 1.807) is 0 Å². The Morgan fingerprint density at radius 2 is 2.38 bits per heavy atom. The van der Waals surface area contributed by atoms with Crippen LogP contribution in [0.4, 0.5) is 0 Å². The molecule has 0 spiro atoms. The first kappa shape index (κ1) is 9.66. The zero-order valence-electron chi connectivity index (χ0n) is 5.22. The SMILES string of the molecule is CN1C[N-]C(=S)C1.[Rb+]. The van der Waals surface area contributed by atoms with Crippen molar-refractivity contribution < 1.29 is 58.2 Å². The predicted molar refractivity (Wildman–Crippen MR) is 33.5 cm³/mol. The molecule has 0 aromatic rings. The summed E-state index contributed by atoms with van der Waals surface area (Å²) >= 11 is 4.79. The molecule has 0 bridgehead atoms. The van der Waals surface area contributed by atoms with Gasteiger partial charge < -0.3 is 10.2 Å². The second kappa shape index (κ2) is 4.47. The normalized spacial score (nSPS) is 19.9. The van der Waals surface area contributed by atoms with E-state index in [1.165, 1.54) is 0 Å². The summed E-state index contributed by atoms with van der Waals surface area (Å²) in [5.41, 5.74) is 0. The van der Waals surface area contributed by atoms with Gasteiger partial charge in [-0.2, -0.15) is 0 Å². The van der Waals surface area contributed by atoms with Gasteiger partial charge in [0, 0.05) is 6.54 Å². The van der Waals surface area contributed by atoms with Gasteiger partial charge in [0.15, 0.2) is 0 Å². The van der Waals surface area contributed by atoms with Crippen LogP contribution in [0.2, 0.25) is 0 Å². The van der Waals surface area contributed by atoms with E-state index in [0.29, 0.717) is 0 Å². The summed E-state index contributed by atoms with van der Waals surface area (Å²) in [6.07, 6.45) is 0. The molecular weight excluding hydrogens is 194 g/mol. The van der Waals surface area contributed by atoms with Crippen LogP contribution in [-0.4, -0.2) is 30.1 Å². The summed E-state index contributed by atoms with van der Waals surface area (Å²) in [5.74, 6) is 0. The van der Waals surface area contributed by atoms with E-state index in [1.807, 2.05) is 7.05 Å². The summed E-state index contributed by atoms with van der Waals surface area (Å²) in [4.78, 5) is 2.91. The maximum Gasteiger partial charge on any atom is 1.00 e. The molecule has 1 heterocycles. The zero-order chi connectivity index (χ0) is 5.28. The Kier molecular flexibility index (Phi) is 5.39. The fraction of sp³-hybridized carbons (Fsp3) is 0.750. The molecule has 0 amide bonds. The minimum absolute atomic E-state index is 0. The Hall–Kier alpha value is 1.66. The van der Waals surface area contributed by atoms with Crippen LogP contribution < -0.4 is 58.2 Å². The van der Waals surface area contributed by atoms with Gasteiger partial charge in [0.1, 0.15) is 0 Å². The van der Waals surface area contributed by atoms with E-state index in [9.17, 15) is 0 Å². The van der Waals surface area contributed by atoms with Crippen LogP contribution in [0.5, 0.6) is 0 Å². The van der Waals surface area contributed by atoms with Crippen molar-refractivity contribution >= 4 is 17.2 Å². The molecule has 0 N–H and O–H groups in total. The van der Waals surface area contributed by atoms with Gasteiger partial charge in [0.05, 0.1) is 0 Å². The van der Waals surface area contributed by atoms with Crippen molar-refractivity contribution in [1.82, 2.24) is 4.90 Å². The third-order valence-electron chi connectivity index (χ3n) is 0.894. The third-order valence-corrected chi connectivity index (χ3v) is 1.15. The number of nitrogens with zero attached hydrogens (tertiary/aromatic N) is 2. The average Bonchev–Trinajstić information content (AvgIpc) is 1.87. The molecule has 0 unspecified atom stereocenters. The van der Waals surface area contributed by atoms with Gasteiger partial charge in [-0.15, -0.1) is 12.2 Å². The Balaban J connectivity index is 0.000000490. The molecule has 2 nitrogen and oxygen atoms in total. The van der Waals surface area contributed by atoms with Crippen LogP contribution >= 0.6 is 12.2 Å². The van der Waals surface area contributed by atoms with Gasteiger partial charge >= 0.3 is 58.2 Å². The Labute approximate surface area is 104 Å². The summed E-state index contributed by atoms with van der Waals surface area (Å²) < 4.78 is 0. The van der Waals surface area contributed by atoms with Crippen LogP contribution in [-0.2, 0) is 0 Å². The first-order chi connectivity index (χ1) is 3.29. The molecule has 1 rings (SSSR count). The summed E-state index contributed by atoms with van der Waals surface area (Å²) in [7, 11) is 2.00. The minimum Gasteiger partial charge on any atom is -0.666 e. The second-order valence-electron chi connectivity index (χ2n) is 1.71. The van der Waals surface area contributed by atoms with Gasteiger partial charge in [-0.1, -0.05) is 11.7 Å². The fourth-order valence-electron chi connectivity index (χ4n) is 0.530. The molecule has 4 heteroatoms. The molecule has 8 heavy (non-hydrogen) atoms. The third kappa shape index (κ3) is 2.99. The molecule has 0 radical (unpaired) electrons. The fourth-order valence-corrected chi connectivity index (χ4v) is 0.809. The van der Waals surface area contributed by atoms with Gasteiger partial charge in [-0.3, -0.25) is 0 Å². The van der Waals surface area contributed by atoms with Crippen molar-refractivity contribution in [3.63, 3.8) is 0 Å². The van der Waals surface area contributed by atoms with Crippen molar-refractivity contribution in [2.75, 3.05) is 20.3 Å². The minimum atomic E-state index is 0. The van der Waals surface area contributed by atoms with E-state index in [2.05, 4.69) is 10.2 Å². The molecule has 1 aliphatic heterocycles. The summed E-state index contributed by atoms with van der Waals surface area (Å²) in [5, 5.41) is 3.97. The van der Waals surface area contributed by atoms with E-state index >= 15 is 0 Å². The Bertz CT molecular complexity index is 96.0. The van der Waals surface area contributed by atoms with Crippen LogP contribution in [0.1, 0.15) is 0 Å². The van der Waals surface area contributed by atoms with Crippen LogP contribution in [0.25, 0.3) is 5.32 Å². The number of hydrogen-bond donors (Lipinski definition) is 0. The number of likely N-dealkylation sites (N-methyl/N-ethyl adjacent to an activating group) is 1. The molecule has 1 saturated heterocycles. The quantitative estimate of drug-likeness (QED) is 0.406. The summed E-state index contributed by atoms with van der Waals surface area (Å²) in [6.45, 7) is 1.66. The predicted octanol–water partition coefficient (Wildman–Crippen LogP) is -2.41. The average molecular weight is 201 g/mol. The molecule has 0 aliphatic carbocycles. The van der Waals surface area contributed by atoms with E-state index in [-0.39, 0.29) is 58.2 Å². The largest absolute Gasteiger partial charge is 1.00 e. The summed E-state index contributed by atoms with van der Waals surface area (Å²) in [6, 6.07) is 0. The maximum atomic E-state index is 4.79. The molecular formula is C4H7N2RbS. The van der Waals surface area contributed by atoms with Crippen LogP contribution in [0.3, 0.4) is 0 Å². The zero-order valence-corrected chi connectivity index (χ0v) is 10.9. The molecule has 40 valence electrons. The molecule has 1 fully saturated rings. The van der Waals surface area contributed by atoms with Crippen molar-refractivity contribution in [1.29, 1.82) is 0 Å². The molecule has 1 aliphatic rings. The van der Waals surface area contributed by atoms with Crippen LogP contribution in [0.15, 0.2) is 0 Å². The first-order valence-corrected chi connectivity index (χ1v) is 2.59. The number of thiocarbonyl (C=S) groups is 1. The van der Waals surface area contributed by atoms with Gasteiger partial charge in [0.25, 0.3) is 0 Å². The number of rotatable bonds is 0.